The topological polar surface area (TPSA) is 56.1 Å². The molecular weight excluding hydrogens is 410 g/mol. The van der Waals surface area contributed by atoms with Crippen molar-refractivity contribution >= 4 is 28.5 Å². The van der Waals surface area contributed by atoms with Crippen molar-refractivity contribution in [1.82, 2.24) is 14.9 Å². The van der Waals surface area contributed by atoms with Crippen LogP contribution < -0.4 is 10.1 Å². The number of ether oxygens (including phenoxy) is 1. The number of aryl methyl sites for hydroxylation is 2. The summed E-state index contributed by atoms with van der Waals surface area (Å²) in [5.74, 6) is 1.74. The Morgan fingerprint density at radius 3 is 2.65 bits per heavy atom. The maximum Gasteiger partial charge on any atom is 0.225 e. The number of hydrogen-bond donors (Lipinski definition) is 1. The summed E-state index contributed by atoms with van der Waals surface area (Å²) in [4.78, 5) is 17.3. The number of amides is 1. The molecule has 31 heavy (non-hydrogen) atoms. The minimum Gasteiger partial charge on any atom is -0.494 e. The van der Waals surface area contributed by atoms with Gasteiger partial charge in [-0.05, 0) is 62.6 Å². The van der Waals surface area contributed by atoms with Gasteiger partial charge in [0.2, 0.25) is 5.91 Å². The van der Waals surface area contributed by atoms with Crippen molar-refractivity contribution < 1.29 is 9.53 Å². The number of rotatable bonds is 8. The van der Waals surface area contributed by atoms with Crippen molar-refractivity contribution in [1.29, 1.82) is 0 Å². The van der Waals surface area contributed by atoms with E-state index >= 15 is 0 Å². The SMILES string of the molecule is Cc1cc(OCCCCn2c(C(C)NC(=O)C(C)(C)C)nc3ccccc32)ccc1Cl. The number of benzene rings is 2. The van der Waals surface area contributed by atoms with Gasteiger partial charge in [0.05, 0.1) is 23.7 Å². The molecule has 1 unspecified atom stereocenters. The van der Waals surface area contributed by atoms with Gasteiger partial charge in [0.1, 0.15) is 11.6 Å². The minimum absolute atomic E-state index is 0.0188. The van der Waals surface area contributed by atoms with Crippen LogP contribution in [0.1, 0.15) is 58.0 Å². The molecule has 5 nitrogen and oxygen atoms in total. The van der Waals surface area contributed by atoms with Crippen LogP contribution in [0.3, 0.4) is 0 Å². The lowest BCUT2D eigenvalue weighted by Crippen LogP contribution is -2.37. The molecule has 2 aromatic carbocycles. The average Bonchev–Trinajstić information content (AvgIpc) is 3.08. The van der Waals surface area contributed by atoms with Crippen LogP contribution in [-0.4, -0.2) is 22.1 Å². The Bertz CT molecular complexity index is 1050. The summed E-state index contributed by atoms with van der Waals surface area (Å²) in [7, 11) is 0. The van der Waals surface area contributed by atoms with E-state index in [0.717, 1.165) is 52.6 Å². The third-order valence-electron chi connectivity index (χ3n) is 5.27. The first-order valence-electron chi connectivity index (χ1n) is 10.8. The zero-order chi connectivity index (χ0) is 22.6. The van der Waals surface area contributed by atoms with Gasteiger partial charge in [0, 0.05) is 17.0 Å². The standard InChI is InChI=1S/C25H32ClN3O2/c1-17-16-19(12-13-20(17)26)31-15-9-8-14-29-22-11-7-6-10-21(22)28-23(29)18(2)27-24(30)25(3,4)5/h6-7,10-13,16,18H,8-9,14-15H2,1-5H3,(H,27,30). The summed E-state index contributed by atoms with van der Waals surface area (Å²) in [5, 5.41) is 3.86. The number of nitrogens with one attached hydrogen (secondary N) is 1. The molecule has 0 aliphatic carbocycles. The molecule has 1 aromatic heterocycles. The van der Waals surface area contributed by atoms with Gasteiger partial charge in [-0.2, -0.15) is 0 Å². The highest BCUT2D eigenvalue weighted by atomic mass is 35.5. The van der Waals surface area contributed by atoms with Crippen molar-refractivity contribution in [3.8, 4) is 5.75 Å². The fraction of sp³-hybridized carbons (Fsp3) is 0.440. The van der Waals surface area contributed by atoms with E-state index < -0.39 is 5.41 Å². The first kappa shape index (κ1) is 23.1. The molecule has 1 amide bonds. The molecule has 3 rings (SSSR count). The smallest absolute Gasteiger partial charge is 0.225 e. The van der Waals surface area contributed by atoms with E-state index in [-0.39, 0.29) is 11.9 Å². The first-order valence-corrected chi connectivity index (χ1v) is 11.2. The molecule has 0 aliphatic rings. The van der Waals surface area contributed by atoms with Crippen molar-refractivity contribution in [2.24, 2.45) is 5.41 Å². The summed E-state index contributed by atoms with van der Waals surface area (Å²) in [6.07, 6.45) is 1.86. The fourth-order valence-electron chi connectivity index (χ4n) is 3.41. The maximum absolute atomic E-state index is 12.5. The zero-order valence-electron chi connectivity index (χ0n) is 19.0. The van der Waals surface area contributed by atoms with Gasteiger partial charge in [0.25, 0.3) is 0 Å². The monoisotopic (exact) mass is 441 g/mol. The van der Waals surface area contributed by atoms with Gasteiger partial charge in [0.15, 0.2) is 0 Å². The summed E-state index contributed by atoms with van der Waals surface area (Å²) < 4.78 is 8.09. The highest BCUT2D eigenvalue weighted by molar-refractivity contribution is 6.31. The quantitative estimate of drug-likeness (QED) is 0.431. The van der Waals surface area contributed by atoms with Crippen LogP contribution >= 0.6 is 11.6 Å². The van der Waals surface area contributed by atoms with Crippen LogP contribution in [0, 0.1) is 12.3 Å². The van der Waals surface area contributed by atoms with E-state index in [4.69, 9.17) is 21.3 Å². The normalized spacial score (nSPS) is 12.7. The molecule has 0 saturated carbocycles. The number of carbonyl (C=O) groups excluding carboxylic acids is 1. The number of aromatic nitrogens is 2. The molecule has 0 spiro atoms. The Kier molecular flexibility index (Phi) is 7.26. The van der Waals surface area contributed by atoms with Crippen molar-refractivity contribution in [3.05, 3.63) is 58.9 Å². The first-order chi connectivity index (χ1) is 14.7. The molecule has 3 aromatic rings. The molecule has 166 valence electrons. The lowest BCUT2D eigenvalue weighted by Gasteiger charge is -2.22. The van der Waals surface area contributed by atoms with Crippen LogP contribution in [0.4, 0.5) is 0 Å². The van der Waals surface area contributed by atoms with Crippen molar-refractivity contribution in [2.45, 2.75) is 60.0 Å². The molecule has 0 radical (unpaired) electrons. The van der Waals surface area contributed by atoms with Crippen molar-refractivity contribution in [2.75, 3.05) is 6.61 Å². The minimum atomic E-state index is -0.442. The number of para-hydroxylation sites is 2. The predicted octanol–water partition coefficient (Wildman–Crippen LogP) is 6.08. The molecule has 6 heteroatoms. The lowest BCUT2D eigenvalue weighted by atomic mass is 9.95. The molecule has 0 fully saturated rings. The molecule has 1 N–H and O–H groups in total. The fourth-order valence-corrected chi connectivity index (χ4v) is 3.52. The van der Waals surface area contributed by atoms with Crippen LogP contribution in [-0.2, 0) is 11.3 Å². The molecule has 1 heterocycles. The summed E-state index contributed by atoms with van der Waals surface area (Å²) in [6, 6.07) is 13.7. The Morgan fingerprint density at radius 1 is 1.19 bits per heavy atom. The van der Waals surface area contributed by atoms with E-state index in [1.807, 2.05) is 71.0 Å². The molecular formula is C25H32ClN3O2. The number of halogens is 1. The van der Waals surface area contributed by atoms with Gasteiger partial charge < -0.3 is 14.6 Å². The van der Waals surface area contributed by atoms with Crippen LogP contribution in [0.2, 0.25) is 5.02 Å². The maximum atomic E-state index is 12.5. The number of unbranched alkanes of at least 4 members (excludes halogenated alkanes) is 1. The lowest BCUT2D eigenvalue weighted by molar-refractivity contribution is -0.129. The van der Waals surface area contributed by atoms with E-state index in [2.05, 4.69) is 16.0 Å². The van der Waals surface area contributed by atoms with Gasteiger partial charge in [-0.1, -0.05) is 44.5 Å². The number of nitrogens with zero attached hydrogens (tertiary/aromatic N) is 2. The molecule has 0 bridgehead atoms. The van der Waals surface area contributed by atoms with Crippen molar-refractivity contribution in [3.63, 3.8) is 0 Å². The van der Waals surface area contributed by atoms with Gasteiger partial charge >= 0.3 is 0 Å². The second-order valence-electron chi connectivity index (χ2n) is 9.02. The second-order valence-corrected chi connectivity index (χ2v) is 9.43. The third-order valence-corrected chi connectivity index (χ3v) is 5.70. The van der Waals surface area contributed by atoms with Gasteiger partial charge in [-0.15, -0.1) is 0 Å². The van der Waals surface area contributed by atoms with E-state index in [9.17, 15) is 4.79 Å². The Hall–Kier alpha value is -2.53. The average molecular weight is 442 g/mol. The highest BCUT2D eigenvalue weighted by Crippen LogP contribution is 2.24. The number of fused-ring (bicyclic) bond motifs is 1. The number of hydrogen-bond acceptors (Lipinski definition) is 3. The summed E-state index contributed by atoms with van der Waals surface area (Å²) >= 11 is 6.08. The number of carbonyl (C=O) groups is 1. The van der Waals surface area contributed by atoms with E-state index in [0.29, 0.717) is 6.61 Å². The zero-order valence-corrected chi connectivity index (χ0v) is 19.8. The van der Waals surface area contributed by atoms with E-state index in [1.54, 1.807) is 0 Å². The van der Waals surface area contributed by atoms with Gasteiger partial charge in [-0.3, -0.25) is 4.79 Å². The molecule has 0 saturated heterocycles. The van der Waals surface area contributed by atoms with Crippen LogP contribution in [0.25, 0.3) is 11.0 Å². The van der Waals surface area contributed by atoms with Crippen LogP contribution in [0.15, 0.2) is 42.5 Å². The Balaban J connectivity index is 1.65. The van der Waals surface area contributed by atoms with Gasteiger partial charge in [-0.25, -0.2) is 4.98 Å². The Morgan fingerprint density at radius 2 is 1.94 bits per heavy atom. The molecule has 0 aliphatic heterocycles. The predicted molar refractivity (Wildman–Crippen MR) is 127 cm³/mol. The van der Waals surface area contributed by atoms with E-state index in [1.165, 1.54) is 0 Å². The van der Waals surface area contributed by atoms with Crippen LogP contribution in [0.5, 0.6) is 5.75 Å². The second kappa shape index (κ2) is 9.73. The third kappa shape index (κ3) is 5.79. The largest absolute Gasteiger partial charge is 0.494 e. The number of imidazole rings is 1. The summed E-state index contributed by atoms with van der Waals surface area (Å²) in [5.41, 5.74) is 2.61. The summed E-state index contributed by atoms with van der Waals surface area (Å²) in [6.45, 7) is 11.2. The molecule has 1 atom stereocenters. The highest BCUT2D eigenvalue weighted by Gasteiger charge is 2.25. The Labute approximate surface area is 189 Å².